The van der Waals surface area contributed by atoms with E-state index in [0.29, 0.717) is 10.8 Å². The van der Waals surface area contributed by atoms with Crippen molar-refractivity contribution in [3.8, 4) is 0 Å². The van der Waals surface area contributed by atoms with Gasteiger partial charge in [0.1, 0.15) is 5.82 Å². The van der Waals surface area contributed by atoms with Crippen LogP contribution < -0.4 is 5.32 Å². The highest BCUT2D eigenvalue weighted by atomic mass is 35.5. The fourth-order valence-electron chi connectivity index (χ4n) is 1.68. The Morgan fingerprint density at radius 1 is 1.35 bits per heavy atom. The lowest BCUT2D eigenvalue weighted by atomic mass is 10.4. The molecule has 0 aliphatic heterocycles. The molecule has 0 aliphatic carbocycles. The average molecular weight is 310 g/mol. The van der Waals surface area contributed by atoms with Crippen molar-refractivity contribution in [2.75, 3.05) is 11.1 Å². The first-order valence-corrected chi connectivity index (χ1v) is 7.64. The van der Waals surface area contributed by atoms with E-state index in [0.717, 1.165) is 10.7 Å². The van der Waals surface area contributed by atoms with E-state index in [9.17, 15) is 4.79 Å². The van der Waals surface area contributed by atoms with Crippen molar-refractivity contribution in [2.45, 2.75) is 24.8 Å². The van der Waals surface area contributed by atoms with Gasteiger partial charge in [-0.05, 0) is 38.1 Å². The Kier molecular flexibility index (Phi) is 5.09. The Morgan fingerprint density at radius 3 is 2.70 bits per heavy atom. The molecular formula is C14H16ClN3OS. The van der Waals surface area contributed by atoms with Gasteiger partial charge in [-0.25, -0.2) is 4.68 Å². The smallest absolute Gasteiger partial charge is 0.235 e. The first-order valence-electron chi connectivity index (χ1n) is 6.28. The summed E-state index contributed by atoms with van der Waals surface area (Å²) in [5.74, 6) is 1.03. The van der Waals surface area contributed by atoms with Crippen molar-refractivity contribution in [3.63, 3.8) is 0 Å². The van der Waals surface area contributed by atoms with Crippen LogP contribution in [0.1, 0.15) is 19.9 Å². The standard InChI is InChI=1S/C14H16ClN3OS/c1-10(2)18-13(7-8-16-18)17-14(19)9-20-12-5-3-11(15)4-6-12/h3-8,10H,9H2,1-2H3,(H,17,19). The van der Waals surface area contributed by atoms with Crippen LogP contribution in [0, 0.1) is 0 Å². The van der Waals surface area contributed by atoms with Crippen molar-refractivity contribution in [2.24, 2.45) is 0 Å². The van der Waals surface area contributed by atoms with Crippen molar-refractivity contribution in [1.82, 2.24) is 9.78 Å². The van der Waals surface area contributed by atoms with Crippen LogP contribution in [0.4, 0.5) is 5.82 Å². The SMILES string of the molecule is CC(C)n1nccc1NC(=O)CSc1ccc(Cl)cc1. The Balaban J connectivity index is 1.89. The molecule has 2 rings (SSSR count). The third-order valence-corrected chi connectivity index (χ3v) is 3.87. The van der Waals surface area contributed by atoms with E-state index in [1.165, 1.54) is 11.8 Å². The van der Waals surface area contributed by atoms with E-state index in [4.69, 9.17) is 11.6 Å². The second kappa shape index (κ2) is 6.81. The molecule has 0 unspecified atom stereocenters. The topological polar surface area (TPSA) is 46.9 Å². The van der Waals surface area contributed by atoms with E-state index in [1.807, 2.05) is 38.1 Å². The van der Waals surface area contributed by atoms with Gasteiger partial charge in [0.25, 0.3) is 0 Å². The number of nitrogens with zero attached hydrogens (tertiary/aromatic N) is 2. The summed E-state index contributed by atoms with van der Waals surface area (Å²) in [4.78, 5) is 12.9. The van der Waals surface area contributed by atoms with Crippen LogP contribution in [0.2, 0.25) is 5.02 Å². The van der Waals surface area contributed by atoms with E-state index >= 15 is 0 Å². The largest absolute Gasteiger partial charge is 0.310 e. The number of hydrogen-bond donors (Lipinski definition) is 1. The number of aromatic nitrogens is 2. The van der Waals surface area contributed by atoms with Crippen LogP contribution in [-0.2, 0) is 4.79 Å². The molecule has 0 atom stereocenters. The molecule has 0 radical (unpaired) electrons. The number of amides is 1. The lowest BCUT2D eigenvalue weighted by Crippen LogP contribution is -2.18. The van der Waals surface area contributed by atoms with Gasteiger partial charge >= 0.3 is 0 Å². The highest BCUT2D eigenvalue weighted by Gasteiger charge is 2.09. The summed E-state index contributed by atoms with van der Waals surface area (Å²) in [6.45, 7) is 4.04. The van der Waals surface area contributed by atoms with Crippen molar-refractivity contribution >= 4 is 35.1 Å². The summed E-state index contributed by atoms with van der Waals surface area (Å²) in [5, 5.41) is 7.74. The van der Waals surface area contributed by atoms with Gasteiger partial charge in [0.05, 0.1) is 11.9 Å². The lowest BCUT2D eigenvalue weighted by Gasteiger charge is -2.11. The van der Waals surface area contributed by atoms with Gasteiger partial charge in [-0.3, -0.25) is 4.79 Å². The van der Waals surface area contributed by atoms with Crippen LogP contribution in [0.15, 0.2) is 41.4 Å². The van der Waals surface area contributed by atoms with Crippen molar-refractivity contribution in [3.05, 3.63) is 41.6 Å². The second-order valence-corrected chi connectivity index (χ2v) is 6.03. The summed E-state index contributed by atoms with van der Waals surface area (Å²) in [7, 11) is 0. The second-order valence-electron chi connectivity index (χ2n) is 4.55. The number of carbonyl (C=O) groups is 1. The molecule has 0 bridgehead atoms. The summed E-state index contributed by atoms with van der Waals surface area (Å²) in [5.41, 5.74) is 0. The van der Waals surface area contributed by atoms with Crippen LogP contribution in [0.5, 0.6) is 0 Å². The maximum atomic E-state index is 11.9. The third-order valence-electron chi connectivity index (χ3n) is 2.61. The maximum absolute atomic E-state index is 11.9. The Bertz CT molecular complexity index is 580. The third kappa shape index (κ3) is 4.02. The van der Waals surface area contributed by atoms with Gasteiger partial charge < -0.3 is 5.32 Å². The molecule has 1 heterocycles. The molecule has 4 nitrogen and oxygen atoms in total. The fourth-order valence-corrected chi connectivity index (χ4v) is 2.51. The number of hydrogen-bond acceptors (Lipinski definition) is 3. The molecule has 0 saturated heterocycles. The van der Waals surface area contributed by atoms with Crippen molar-refractivity contribution < 1.29 is 4.79 Å². The first kappa shape index (κ1) is 14.9. The minimum atomic E-state index is -0.0488. The number of benzene rings is 1. The van der Waals surface area contributed by atoms with E-state index in [1.54, 1.807) is 16.9 Å². The molecule has 0 aliphatic rings. The number of thioether (sulfide) groups is 1. The molecule has 2 aromatic rings. The van der Waals surface area contributed by atoms with E-state index in [-0.39, 0.29) is 11.9 Å². The molecular weight excluding hydrogens is 294 g/mol. The molecule has 6 heteroatoms. The number of halogens is 1. The summed E-state index contributed by atoms with van der Waals surface area (Å²) >= 11 is 7.29. The minimum Gasteiger partial charge on any atom is -0.310 e. The molecule has 1 amide bonds. The zero-order valence-corrected chi connectivity index (χ0v) is 12.9. The molecule has 106 valence electrons. The Hall–Kier alpha value is -1.46. The molecule has 1 N–H and O–H groups in total. The van der Waals surface area contributed by atoms with Crippen LogP contribution in [-0.4, -0.2) is 21.4 Å². The van der Waals surface area contributed by atoms with Crippen LogP contribution in [0.25, 0.3) is 0 Å². The fraction of sp³-hybridized carbons (Fsp3) is 0.286. The van der Waals surface area contributed by atoms with Crippen LogP contribution in [0.3, 0.4) is 0 Å². The van der Waals surface area contributed by atoms with Gasteiger partial charge in [0.15, 0.2) is 0 Å². The molecule has 0 fully saturated rings. The van der Waals surface area contributed by atoms with E-state index in [2.05, 4.69) is 10.4 Å². The van der Waals surface area contributed by atoms with Gasteiger partial charge in [0, 0.05) is 22.0 Å². The van der Waals surface area contributed by atoms with Gasteiger partial charge in [-0.1, -0.05) is 11.6 Å². The summed E-state index contributed by atoms with van der Waals surface area (Å²) in [6.07, 6.45) is 1.68. The Labute approximate surface area is 127 Å². The highest BCUT2D eigenvalue weighted by molar-refractivity contribution is 8.00. The normalized spacial score (nSPS) is 10.8. The minimum absolute atomic E-state index is 0.0488. The number of carbonyl (C=O) groups excluding carboxylic acids is 1. The maximum Gasteiger partial charge on any atom is 0.235 e. The number of anilines is 1. The first-order chi connectivity index (χ1) is 9.56. The molecule has 0 saturated carbocycles. The predicted molar refractivity (Wildman–Crippen MR) is 83.4 cm³/mol. The van der Waals surface area contributed by atoms with Gasteiger partial charge in [0.2, 0.25) is 5.91 Å². The quantitative estimate of drug-likeness (QED) is 0.853. The van der Waals surface area contributed by atoms with Crippen molar-refractivity contribution in [1.29, 1.82) is 0 Å². The van der Waals surface area contributed by atoms with E-state index < -0.39 is 0 Å². The van der Waals surface area contributed by atoms with Gasteiger partial charge in [-0.15, -0.1) is 11.8 Å². The number of rotatable bonds is 5. The number of nitrogens with one attached hydrogen (secondary N) is 1. The monoisotopic (exact) mass is 309 g/mol. The van der Waals surface area contributed by atoms with Gasteiger partial charge in [-0.2, -0.15) is 5.10 Å². The Morgan fingerprint density at radius 2 is 2.05 bits per heavy atom. The lowest BCUT2D eigenvalue weighted by molar-refractivity contribution is -0.113. The zero-order valence-electron chi connectivity index (χ0n) is 11.3. The van der Waals surface area contributed by atoms with Crippen LogP contribution >= 0.6 is 23.4 Å². The highest BCUT2D eigenvalue weighted by Crippen LogP contribution is 2.21. The molecule has 0 spiro atoms. The molecule has 1 aromatic carbocycles. The summed E-state index contributed by atoms with van der Waals surface area (Å²) in [6, 6.07) is 9.44. The predicted octanol–water partition coefficient (Wildman–Crippen LogP) is 3.85. The average Bonchev–Trinajstić information content (AvgIpc) is 2.86. The summed E-state index contributed by atoms with van der Waals surface area (Å²) < 4.78 is 1.78. The molecule has 1 aromatic heterocycles. The zero-order chi connectivity index (χ0) is 14.5. The molecule has 20 heavy (non-hydrogen) atoms.